The Kier molecular flexibility index (Phi) is 8.90. The number of nitrogens with zero attached hydrogens (tertiary/aromatic N) is 4. The third-order valence-electron chi connectivity index (χ3n) is 12.8. The van der Waals surface area contributed by atoms with Crippen LogP contribution < -0.4 is 0 Å². The van der Waals surface area contributed by atoms with Crippen molar-refractivity contribution in [2.24, 2.45) is 0 Å². The van der Waals surface area contributed by atoms with E-state index in [1.54, 1.807) is 0 Å². The molecule has 0 N–H and O–H groups in total. The van der Waals surface area contributed by atoms with Crippen molar-refractivity contribution in [2.45, 2.75) is 20.8 Å². The molecule has 0 aliphatic carbocycles. The summed E-state index contributed by atoms with van der Waals surface area (Å²) >= 11 is 0. The van der Waals surface area contributed by atoms with Gasteiger partial charge in [-0.3, -0.25) is 0 Å². The fraction of sp³-hybridized carbons (Fsp3) is 0.0508. The molecular formula is C59H40N4. The molecule has 2 aromatic heterocycles. The predicted octanol–water partition coefficient (Wildman–Crippen LogP) is 15.2. The van der Waals surface area contributed by atoms with Gasteiger partial charge in [-0.2, -0.15) is 10.5 Å². The molecule has 0 unspecified atom stereocenters. The molecule has 4 heteroatoms. The van der Waals surface area contributed by atoms with Gasteiger partial charge in [0.1, 0.15) is 0 Å². The molecule has 296 valence electrons. The molecule has 0 atom stereocenters. The van der Waals surface area contributed by atoms with Crippen molar-refractivity contribution < 1.29 is 0 Å². The van der Waals surface area contributed by atoms with Crippen LogP contribution in [0.25, 0.3) is 99.5 Å². The highest BCUT2D eigenvalue weighted by molar-refractivity contribution is 6.12. The van der Waals surface area contributed by atoms with E-state index in [1.165, 1.54) is 44.2 Å². The van der Waals surface area contributed by atoms with E-state index in [0.717, 1.165) is 72.0 Å². The highest BCUT2D eigenvalue weighted by Crippen LogP contribution is 2.44. The fourth-order valence-electron chi connectivity index (χ4n) is 9.79. The summed E-state index contributed by atoms with van der Waals surface area (Å²) in [6.07, 6.45) is 0. The lowest BCUT2D eigenvalue weighted by Gasteiger charge is -2.20. The topological polar surface area (TPSA) is 57.4 Å². The lowest BCUT2D eigenvalue weighted by molar-refractivity contribution is 1.17. The van der Waals surface area contributed by atoms with Crippen LogP contribution in [0.3, 0.4) is 0 Å². The summed E-state index contributed by atoms with van der Waals surface area (Å²) in [5, 5.41) is 25.0. The molecule has 0 amide bonds. The average Bonchev–Trinajstić information content (AvgIpc) is 3.83. The van der Waals surface area contributed by atoms with Crippen molar-refractivity contribution in [3.8, 4) is 68.0 Å². The molecule has 2 heterocycles. The largest absolute Gasteiger partial charge is 0.309 e. The van der Waals surface area contributed by atoms with Crippen molar-refractivity contribution in [2.75, 3.05) is 0 Å². The van der Waals surface area contributed by atoms with Gasteiger partial charge >= 0.3 is 0 Å². The van der Waals surface area contributed by atoms with Crippen molar-refractivity contribution in [1.29, 1.82) is 10.5 Å². The maximum Gasteiger partial charge on any atom is 0.0991 e. The van der Waals surface area contributed by atoms with Crippen molar-refractivity contribution in [3.05, 3.63) is 216 Å². The van der Waals surface area contributed by atoms with Crippen LogP contribution in [0.4, 0.5) is 0 Å². The molecule has 11 rings (SSSR count). The second-order valence-corrected chi connectivity index (χ2v) is 16.5. The summed E-state index contributed by atoms with van der Waals surface area (Å²) < 4.78 is 4.73. The first-order valence-corrected chi connectivity index (χ1v) is 21.3. The number of fused-ring (bicyclic) bond motifs is 6. The second-order valence-electron chi connectivity index (χ2n) is 16.5. The SMILES string of the molecule is Cc1ccccc1-c1ccc2c(c1)c1ccccc1n2-c1ccc(-c2ccc(C#N)cc2C)c(-c2cc(C#N)ccc2-n2c3ccccc3c3cc(-c4ccccc4C)ccc32)c1. The molecule has 0 saturated heterocycles. The molecule has 4 nitrogen and oxygen atoms in total. The summed E-state index contributed by atoms with van der Waals surface area (Å²) in [5.74, 6) is 0. The third-order valence-corrected chi connectivity index (χ3v) is 12.8. The number of rotatable bonds is 6. The molecule has 0 aliphatic rings. The molecule has 0 saturated carbocycles. The zero-order chi connectivity index (χ0) is 42.8. The Morgan fingerprint density at radius 2 is 0.841 bits per heavy atom. The molecule has 0 aliphatic heterocycles. The summed E-state index contributed by atoms with van der Waals surface area (Å²) in [6, 6.07) is 71.4. The van der Waals surface area contributed by atoms with E-state index < -0.39 is 0 Å². The number of benzene rings is 9. The molecule has 0 fully saturated rings. The first kappa shape index (κ1) is 37.6. The number of nitriles is 2. The van der Waals surface area contributed by atoms with Gasteiger partial charge in [-0.05, 0) is 155 Å². The number of para-hydroxylation sites is 2. The van der Waals surface area contributed by atoms with Crippen molar-refractivity contribution in [3.63, 3.8) is 0 Å². The summed E-state index contributed by atoms with van der Waals surface area (Å²) in [4.78, 5) is 0. The van der Waals surface area contributed by atoms with E-state index >= 15 is 0 Å². The van der Waals surface area contributed by atoms with Crippen molar-refractivity contribution in [1.82, 2.24) is 9.13 Å². The fourth-order valence-corrected chi connectivity index (χ4v) is 9.79. The molecule has 0 spiro atoms. The predicted molar refractivity (Wildman–Crippen MR) is 261 cm³/mol. The van der Waals surface area contributed by atoms with Gasteiger partial charge < -0.3 is 9.13 Å². The quantitative estimate of drug-likeness (QED) is 0.168. The first-order chi connectivity index (χ1) is 30.9. The Balaban J connectivity index is 1.20. The van der Waals surface area contributed by atoms with Crippen LogP contribution >= 0.6 is 0 Å². The number of aromatic nitrogens is 2. The van der Waals surface area contributed by atoms with Crippen LogP contribution in [0, 0.1) is 43.4 Å². The van der Waals surface area contributed by atoms with Gasteiger partial charge in [-0.25, -0.2) is 0 Å². The lowest BCUT2D eigenvalue weighted by atomic mass is 9.89. The van der Waals surface area contributed by atoms with Crippen LogP contribution in [0.2, 0.25) is 0 Å². The Morgan fingerprint density at radius 1 is 0.333 bits per heavy atom. The van der Waals surface area contributed by atoms with E-state index in [2.05, 4.69) is 206 Å². The van der Waals surface area contributed by atoms with Gasteiger partial charge in [0.15, 0.2) is 0 Å². The molecule has 0 bridgehead atoms. The summed E-state index contributed by atoms with van der Waals surface area (Å²) in [7, 11) is 0. The van der Waals surface area contributed by atoms with Gasteiger partial charge in [-0.1, -0.05) is 109 Å². The minimum atomic E-state index is 0.574. The molecule has 9 aromatic carbocycles. The first-order valence-electron chi connectivity index (χ1n) is 21.3. The van der Waals surface area contributed by atoms with Crippen LogP contribution in [-0.4, -0.2) is 9.13 Å². The average molecular weight is 805 g/mol. The van der Waals surface area contributed by atoms with Gasteiger partial charge in [0.05, 0.1) is 51.0 Å². The minimum absolute atomic E-state index is 0.574. The molecule has 11 aromatic rings. The van der Waals surface area contributed by atoms with E-state index in [-0.39, 0.29) is 0 Å². The zero-order valence-corrected chi connectivity index (χ0v) is 35.2. The standard InChI is InChI=1S/C59H40N4/c1-37-12-4-6-14-45(37)42-22-28-57-53(32-42)49-16-8-10-18-55(49)62(57)44-24-26-48(47-25-20-40(35-60)30-39(47)3)51(34-44)52-31-41(36-61)21-27-58(52)63-56-19-11-9-17-50(56)54-33-43(23-29-59(54)63)46-15-7-5-13-38(46)2/h4-34H,1-3H3. The highest BCUT2D eigenvalue weighted by atomic mass is 15.0. The number of aryl methyl sites for hydroxylation is 3. The Labute approximate surface area is 366 Å². The van der Waals surface area contributed by atoms with Crippen LogP contribution in [-0.2, 0) is 0 Å². The minimum Gasteiger partial charge on any atom is -0.309 e. The van der Waals surface area contributed by atoms with Crippen LogP contribution in [0.15, 0.2) is 188 Å². The highest BCUT2D eigenvalue weighted by Gasteiger charge is 2.22. The Hall–Kier alpha value is -8.44. The monoisotopic (exact) mass is 804 g/mol. The molecule has 0 radical (unpaired) electrons. The Bertz CT molecular complexity index is 3750. The normalized spacial score (nSPS) is 11.4. The van der Waals surface area contributed by atoms with Gasteiger partial charge in [0, 0.05) is 32.8 Å². The zero-order valence-electron chi connectivity index (χ0n) is 35.2. The lowest BCUT2D eigenvalue weighted by Crippen LogP contribution is -2.01. The Morgan fingerprint density at radius 3 is 1.44 bits per heavy atom. The smallest absolute Gasteiger partial charge is 0.0991 e. The third kappa shape index (κ3) is 6.12. The molecular weight excluding hydrogens is 765 g/mol. The number of hydrogen-bond acceptors (Lipinski definition) is 2. The van der Waals surface area contributed by atoms with Gasteiger partial charge in [0.25, 0.3) is 0 Å². The van der Waals surface area contributed by atoms with Crippen LogP contribution in [0.5, 0.6) is 0 Å². The van der Waals surface area contributed by atoms with E-state index in [9.17, 15) is 10.5 Å². The molecule has 63 heavy (non-hydrogen) atoms. The number of hydrogen-bond donors (Lipinski definition) is 0. The van der Waals surface area contributed by atoms with E-state index in [4.69, 9.17) is 0 Å². The van der Waals surface area contributed by atoms with Gasteiger partial charge in [0.2, 0.25) is 0 Å². The second kappa shape index (κ2) is 14.9. The summed E-state index contributed by atoms with van der Waals surface area (Å²) in [5.41, 5.74) is 19.8. The maximum atomic E-state index is 10.5. The van der Waals surface area contributed by atoms with Crippen LogP contribution in [0.1, 0.15) is 27.8 Å². The van der Waals surface area contributed by atoms with Crippen molar-refractivity contribution >= 4 is 43.6 Å². The van der Waals surface area contributed by atoms with E-state index in [0.29, 0.717) is 11.1 Å². The van der Waals surface area contributed by atoms with E-state index in [1.807, 2.05) is 24.3 Å². The summed E-state index contributed by atoms with van der Waals surface area (Å²) in [6.45, 7) is 6.40. The maximum absolute atomic E-state index is 10.5. The van der Waals surface area contributed by atoms with Gasteiger partial charge in [-0.15, -0.1) is 0 Å².